The van der Waals surface area contributed by atoms with Crippen molar-refractivity contribution in [2.24, 2.45) is 17.3 Å². The summed E-state index contributed by atoms with van der Waals surface area (Å²) >= 11 is 1.50. The third-order valence-electron chi connectivity index (χ3n) is 6.78. The van der Waals surface area contributed by atoms with Gasteiger partial charge in [0.15, 0.2) is 5.13 Å². The number of aromatic nitrogens is 1. The number of rotatable bonds is 4. The van der Waals surface area contributed by atoms with Crippen molar-refractivity contribution in [2.75, 3.05) is 5.32 Å². The maximum Gasteiger partial charge on any atom is 0.226 e. The Balaban J connectivity index is 1.41. The number of carbonyl (C=O) groups is 1. The average molecular weight is 353 g/mol. The molecule has 4 bridgehead atoms. The number of nitrogens with one attached hydrogen (secondary N) is 1. The number of carbonyl (C=O) groups excluding carboxylic acids is 1. The average Bonchev–Trinajstić information content (AvgIpc) is 3.06. The first-order valence-corrected chi connectivity index (χ1v) is 10.3. The van der Waals surface area contributed by atoms with Crippen LogP contribution in [0.15, 0.2) is 41.9 Å². The van der Waals surface area contributed by atoms with Crippen molar-refractivity contribution >= 4 is 22.4 Å². The largest absolute Gasteiger partial charge is 0.302 e. The van der Waals surface area contributed by atoms with Crippen molar-refractivity contribution in [3.8, 4) is 0 Å². The van der Waals surface area contributed by atoms with Gasteiger partial charge in [-0.3, -0.25) is 4.79 Å². The monoisotopic (exact) mass is 352 g/mol. The molecule has 4 saturated carbocycles. The van der Waals surface area contributed by atoms with Gasteiger partial charge in [0.2, 0.25) is 5.91 Å². The molecule has 4 fully saturated rings. The molecule has 4 heteroatoms. The summed E-state index contributed by atoms with van der Waals surface area (Å²) in [6, 6.07) is 11.1. The van der Waals surface area contributed by atoms with E-state index in [0.29, 0.717) is 11.8 Å². The first-order chi connectivity index (χ1) is 12.1. The highest BCUT2D eigenvalue weighted by Gasteiger charge is 2.58. The maximum absolute atomic E-state index is 12.7. The summed E-state index contributed by atoms with van der Waals surface area (Å²) in [6.45, 7) is 0. The van der Waals surface area contributed by atoms with Crippen LogP contribution in [0, 0.1) is 17.3 Å². The minimum absolute atomic E-state index is 0.153. The lowest BCUT2D eigenvalue weighted by Gasteiger charge is -2.62. The van der Waals surface area contributed by atoms with Crippen LogP contribution in [0.1, 0.15) is 50.5 Å². The van der Waals surface area contributed by atoms with E-state index in [9.17, 15) is 4.79 Å². The van der Waals surface area contributed by atoms with Crippen LogP contribution in [0.4, 0.5) is 5.13 Å². The molecule has 6 rings (SSSR count). The number of hydrogen-bond donors (Lipinski definition) is 1. The van der Waals surface area contributed by atoms with Crippen LogP contribution in [0.2, 0.25) is 0 Å². The second-order valence-electron chi connectivity index (χ2n) is 8.67. The van der Waals surface area contributed by atoms with Gasteiger partial charge < -0.3 is 5.32 Å². The van der Waals surface area contributed by atoms with Gasteiger partial charge in [0.1, 0.15) is 0 Å². The zero-order valence-corrected chi connectivity index (χ0v) is 15.2. The molecule has 0 radical (unpaired) electrons. The summed E-state index contributed by atoms with van der Waals surface area (Å²) in [6.07, 6.45) is 10.1. The molecule has 130 valence electrons. The molecule has 1 N–H and O–H groups in total. The molecule has 1 aromatic carbocycles. The van der Waals surface area contributed by atoms with E-state index >= 15 is 0 Å². The lowest BCUT2D eigenvalue weighted by atomic mass is 9.42. The van der Waals surface area contributed by atoms with Crippen molar-refractivity contribution < 1.29 is 4.79 Å². The molecule has 3 nitrogen and oxygen atoms in total. The Bertz CT molecular complexity index is 756. The summed E-state index contributed by atoms with van der Waals surface area (Å²) < 4.78 is 0. The normalized spacial score (nSPS) is 35.7. The molecule has 1 heterocycles. The quantitative estimate of drug-likeness (QED) is 0.840. The van der Waals surface area contributed by atoms with E-state index in [-0.39, 0.29) is 11.3 Å². The zero-order valence-electron chi connectivity index (χ0n) is 14.4. The number of anilines is 1. The molecular formula is C21H24N2OS. The van der Waals surface area contributed by atoms with Crippen molar-refractivity contribution in [1.82, 2.24) is 4.98 Å². The van der Waals surface area contributed by atoms with Crippen LogP contribution in [0.5, 0.6) is 0 Å². The molecule has 1 aromatic heterocycles. The highest BCUT2D eigenvalue weighted by Crippen LogP contribution is 2.66. The second kappa shape index (κ2) is 5.66. The Hall–Kier alpha value is -1.68. The summed E-state index contributed by atoms with van der Waals surface area (Å²) in [5.74, 6) is 1.75. The number of benzene rings is 1. The third-order valence-corrected chi connectivity index (χ3v) is 7.47. The van der Waals surface area contributed by atoms with E-state index in [2.05, 4.69) is 40.6 Å². The number of nitrogens with zero attached hydrogens (tertiary/aromatic N) is 1. The highest BCUT2D eigenvalue weighted by atomic mass is 32.1. The van der Waals surface area contributed by atoms with Crippen LogP contribution < -0.4 is 5.32 Å². The van der Waals surface area contributed by atoms with Gasteiger partial charge in [0.05, 0.1) is 0 Å². The van der Waals surface area contributed by atoms with E-state index in [0.717, 1.165) is 17.0 Å². The predicted molar refractivity (Wildman–Crippen MR) is 101 cm³/mol. The molecule has 2 aromatic rings. The fraction of sp³-hybridized carbons (Fsp3) is 0.524. The summed E-state index contributed by atoms with van der Waals surface area (Å²) in [4.78, 5) is 16.9. The van der Waals surface area contributed by atoms with Crippen molar-refractivity contribution in [2.45, 2.75) is 50.4 Å². The van der Waals surface area contributed by atoms with Gasteiger partial charge in [0.25, 0.3) is 0 Å². The number of thiazole rings is 1. The van der Waals surface area contributed by atoms with Crippen LogP contribution in [-0.4, -0.2) is 10.9 Å². The maximum atomic E-state index is 12.7. The number of hydrogen-bond acceptors (Lipinski definition) is 3. The molecule has 4 aliphatic carbocycles. The van der Waals surface area contributed by atoms with Gasteiger partial charge in [-0.1, -0.05) is 30.3 Å². The van der Waals surface area contributed by atoms with Crippen LogP contribution in [-0.2, 0) is 10.2 Å². The Morgan fingerprint density at radius 2 is 1.92 bits per heavy atom. The van der Waals surface area contributed by atoms with E-state index in [1.807, 2.05) is 5.38 Å². The molecule has 1 amide bonds. The first kappa shape index (κ1) is 15.6. The highest BCUT2D eigenvalue weighted by molar-refractivity contribution is 7.13. The molecule has 4 aliphatic rings. The molecule has 25 heavy (non-hydrogen) atoms. The van der Waals surface area contributed by atoms with Crippen LogP contribution in [0.3, 0.4) is 0 Å². The SMILES string of the molecule is O=C(CC12C[C@@H]3C[C@@H](C1)CC(c1ccccc1)(C3)C2)Nc1nccs1. The van der Waals surface area contributed by atoms with Crippen molar-refractivity contribution in [3.05, 3.63) is 47.5 Å². The molecule has 0 spiro atoms. The summed E-state index contributed by atoms with van der Waals surface area (Å²) in [5, 5.41) is 5.65. The smallest absolute Gasteiger partial charge is 0.226 e. The molecule has 0 unspecified atom stereocenters. The standard InChI is InChI=1S/C21H24N2OS/c24-18(23-19-22-6-7-25-19)13-20-9-15-8-16(10-20)12-21(11-15,14-20)17-4-2-1-3-5-17/h1-7,15-16H,8-14H2,(H,22,23,24)/t15-,16-,20?,21?/m0/s1. The minimum Gasteiger partial charge on any atom is -0.302 e. The Kier molecular flexibility index (Phi) is 3.53. The predicted octanol–water partition coefficient (Wildman–Crippen LogP) is 5.01. The summed E-state index contributed by atoms with van der Waals surface area (Å²) in [7, 11) is 0. The zero-order chi connectivity index (χ0) is 16.9. The molecular weight excluding hydrogens is 328 g/mol. The molecule has 0 aliphatic heterocycles. The van der Waals surface area contributed by atoms with E-state index in [1.54, 1.807) is 6.20 Å². The second-order valence-corrected chi connectivity index (χ2v) is 9.56. The number of amides is 1. The Labute approximate surface area is 152 Å². The minimum atomic E-state index is 0.153. The van der Waals surface area contributed by atoms with Gasteiger partial charge in [-0.2, -0.15) is 0 Å². The Morgan fingerprint density at radius 1 is 1.16 bits per heavy atom. The van der Waals surface area contributed by atoms with E-state index in [4.69, 9.17) is 0 Å². The third kappa shape index (κ3) is 2.71. The van der Waals surface area contributed by atoms with Crippen LogP contribution in [0.25, 0.3) is 0 Å². The van der Waals surface area contributed by atoms with Gasteiger partial charge in [0, 0.05) is 18.0 Å². The Morgan fingerprint density at radius 3 is 2.60 bits per heavy atom. The van der Waals surface area contributed by atoms with Gasteiger partial charge in [-0.05, 0) is 66.8 Å². The topological polar surface area (TPSA) is 42.0 Å². The molecule has 2 atom stereocenters. The fourth-order valence-corrected chi connectivity index (χ4v) is 7.12. The van der Waals surface area contributed by atoms with Gasteiger partial charge in [-0.15, -0.1) is 11.3 Å². The lowest BCUT2D eigenvalue weighted by Crippen LogP contribution is -2.54. The summed E-state index contributed by atoms with van der Waals surface area (Å²) in [5.41, 5.74) is 2.02. The van der Waals surface area contributed by atoms with E-state index in [1.165, 1.54) is 55.4 Å². The van der Waals surface area contributed by atoms with E-state index < -0.39 is 0 Å². The fourth-order valence-electron chi connectivity index (χ4n) is 6.58. The van der Waals surface area contributed by atoms with Gasteiger partial charge in [-0.25, -0.2) is 4.98 Å². The first-order valence-electron chi connectivity index (χ1n) is 9.40. The lowest BCUT2D eigenvalue weighted by molar-refractivity contribution is -0.126. The van der Waals surface area contributed by atoms with Gasteiger partial charge >= 0.3 is 0 Å². The molecule has 0 saturated heterocycles. The van der Waals surface area contributed by atoms with Crippen molar-refractivity contribution in [3.63, 3.8) is 0 Å². The van der Waals surface area contributed by atoms with Crippen molar-refractivity contribution in [1.29, 1.82) is 0 Å². The van der Waals surface area contributed by atoms with Crippen LogP contribution >= 0.6 is 11.3 Å².